The summed E-state index contributed by atoms with van der Waals surface area (Å²) >= 11 is 0. The zero-order chi connectivity index (χ0) is 13.7. The normalized spacial score (nSPS) is 11.9. The van der Waals surface area contributed by atoms with Crippen LogP contribution >= 0.6 is 0 Å². The van der Waals surface area contributed by atoms with Crippen molar-refractivity contribution in [3.63, 3.8) is 0 Å². The topological polar surface area (TPSA) is 77.2 Å². The molecule has 1 heterocycles. The summed E-state index contributed by atoms with van der Waals surface area (Å²) in [6, 6.07) is 9.36. The van der Waals surface area contributed by atoms with Gasteiger partial charge >= 0.3 is 0 Å². The van der Waals surface area contributed by atoms with Crippen molar-refractivity contribution >= 4 is 5.91 Å². The molecular weight excluding hydrogens is 246 g/mol. The number of nitrogens with one attached hydrogen (secondary N) is 1. The number of para-hydroxylation sites is 1. The summed E-state index contributed by atoms with van der Waals surface area (Å²) in [5.74, 6) is 1.26. The van der Waals surface area contributed by atoms with Gasteiger partial charge < -0.3 is 14.6 Å². The summed E-state index contributed by atoms with van der Waals surface area (Å²) in [6.45, 7) is 1.81. The van der Waals surface area contributed by atoms with E-state index >= 15 is 0 Å². The Balaban J connectivity index is 2.00. The second-order valence-corrected chi connectivity index (χ2v) is 3.97. The maximum absolute atomic E-state index is 11.2. The lowest BCUT2D eigenvalue weighted by atomic mass is 10.3. The molecule has 2 aromatic rings. The van der Waals surface area contributed by atoms with Crippen LogP contribution in [0.1, 0.15) is 24.7 Å². The minimum Gasteiger partial charge on any atom is -0.481 e. The maximum Gasteiger partial charge on any atom is 0.267 e. The Labute approximate surface area is 110 Å². The number of carbonyl (C=O) groups excluding carboxylic acids is 1. The van der Waals surface area contributed by atoms with Crippen LogP contribution in [0.25, 0.3) is 0 Å². The van der Waals surface area contributed by atoms with Crippen molar-refractivity contribution in [2.24, 2.45) is 0 Å². The fourth-order valence-electron chi connectivity index (χ4n) is 1.49. The van der Waals surface area contributed by atoms with Crippen molar-refractivity contribution in [3.8, 4) is 5.75 Å². The van der Waals surface area contributed by atoms with E-state index in [-0.39, 0.29) is 18.4 Å². The molecule has 0 unspecified atom stereocenters. The van der Waals surface area contributed by atoms with E-state index in [1.807, 2.05) is 37.3 Å². The summed E-state index contributed by atoms with van der Waals surface area (Å²) in [4.78, 5) is 15.3. The van der Waals surface area contributed by atoms with Crippen LogP contribution in [0, 0.1) is 0 Å². The molecule has 1 aromatic carbocycles. The first-order valence-electron chi connectivity index (χ1n) is 5.94. The molecule has 1 amide bonds. The van der Waals surface area contributed by atoms with Crippen molar-refractivity contribution < 1.29 is 14.1 Å². The first-order chi connectivity index (χ1) is 9.19. The van der Waals surface area contributed by atoms with E-state index in [1.165, 1.54) is 0 Å². The van der Waals surface area contributed by atoms with E-state index in [1.54, 1.807) is 7.05 Å². The zero-order valence-electron chi connectivity index (χ0n) is 10.8. The van der Waals surface area contributed by atoms with Crippen molar-refractivity contribution in [2.75, 3.05) is 7.05 Å². The van der Waals surface area contributed by atoms with Gasteiger partial charge in [0.15, 0.2) is 11.9 Å². The molecular formula is C13H15N3O3. The molecule has 0 bridgehead atoms. The summed E-state index contributed by atoms with van der Waals surface area (Å²) < 4.78 is 10.7. The van der Waals surface area contributed by atoms with E-state index in [9.17, 15) is 4.79 Å². The highest BCUT2D eigenvalue weighted by atomic mass is 16.5. The molecule has 100 valence electrons. The van der Waals surface area contributed by atoms with Gasteiger partial charge in [-0.25, -0.2) is 0 Å². The van der Waals surface area contributed by atoms with Crippen molar-refractivity contribution in [2.45, 2.75) is 19.4 Å². The molecule has 0 aliphatic carbocycles. The Hall–Kier alpha value is -2.37. The molecule has 1 aromatic heterocycles. The minimum absolute atomic E-state index is 0.0953. The van der Waals surface area contributed by atoms with Crippen LogP contribution in [0.3, 0.4) is 0 Å². The van der Waals surface area contributed by atoms with Gasteiger partial charge in [-0.05, 0) is 19.1 Å². The van der Waals surface area contributed by atoms with Gasteiger partial charge in [0.1, 0.15) is 5.75 Å². The van der Waals surface area contributed by atoms with Gasteiger partial charge in [-0.3, -0.25) is 4.79 Å². The molecule has 0 saturated carbocycles. The molecule has 0 fully saturated rings. The number of benzene rings is 1. The minimum atomic E-state index is -0.367. The smallest absolute Gasteiger partial charge is 0.267 e. The number of hydrogen-bond donors (Lipinski definition) is 1. The van der Waals surface area contributed by atoms with Crippen LogP contribution in [0.15, 0.2) is 34.9 Å². The monoisotopic (exact) mass is 261 g/mol. The number of ether oxygens (including phenoxy) is 1. The van der Waals surface area contributed by atoms with Crippen LogP contribution in [0.4, 0.5) is 0 Å². The average molecular weight is 261 g/mol. The van der Waals surface area contributed by atoms with E-state index in [4.69, 9.17) is 9.26 Å². The van der Waals surface area contributed by atoms with E-state index in [2.05, 4.69) is 15.5 Å². The number of hydrogen-bond acceptors (Lipinski definition) is 5. The molecule has 0 spiro atoms. The first-order valence-corrected chi connectivity index (χ1v) is 5.94. The van der Waals surface area contributed by atoms with Gasteiger partial charge in [0, 0.05) is 7.05 Å². The number of aromatic nitrogens is 2. The van der Waals surface area contributed by atoms with E-state index in [0.29, 0.717) is 11.7 Å². The highest BCUT2D eigenvalue weighted by Gasteiger charge is 2.17. The molecule has 6 heteroatoms. The predicted octanol–water partition coefficient (Wildman–Crippen LogP) is 1.50. The van der Waals surface area contributed by atoms with Gasteiger partial charge in [-0.2, -0.15) is 4.98 Å². The van der Waals surface area contributed by atoms with Crippen LogP contribution < -0.4 is 10.1 Å². The largest absolute Gasteiger partial charge is 0.481 e. The third-order valence-electron chi connectivity index (χ3n) is 2.49. The molecule has 0 aliphatic heterocycles. The van der Waals surface area contributed by atoms with Gasteiger partial charge in [-0.1, -0.05) is 23.4 Å². The van der Waals surface area contributed by atoms with Crippen LogP contribution in [0.2, 0.25) is 0 Å². The number of carbonyl (C=O) groups is 1. The molecule has 1 N–H and O–H groups in total. The van der Waals surface area contributed by atoms with Gasteiger partial charge in [-0.15, -0.1) is 0 Å². The van der Waals surface area contributed by atoms with Crippen LogP contribution in [-0.4, -0.2) is 23.1 Å². The Bertz CT molecular complexity index is 539. The average Bonchev–Trinajstić information content (AvgIpc) is 2.88. The number of rotatable bonds is 5. The fourth-order valence-corrected chi connectivity index (χ4v) is 1.49. The number of amides is 1. The lowest BCUT2D eigenvalue weighted by molar-refractivity contribution is -0.120. The summed E-state index contributed by atoms with van der Waals surface area (Å²) in [5.41, 5.74) is 0. The van der Waals surface area contributed by atoms with E-state index in [0.717, 1.165) is 5.75 Å². The predicted molar refractivity (Wildman–Crippen MR) is 67.6 cm³/mol. The Kier molecular flexibility index (Phi) is 4.12. The lowest BCUT2D eigenvalue weighted by Gasteiger charge is -2.09. The van der Waals surface area contributed by atoms with Gasteiger partial charge in [0.2, 0.25) is 5.91 Å². The molecule has 2 rings (SSSR count). The van der Waals surface area contributed by atoms with Crippen molar-refractivity contribution in [3.05, 3.63) is 42.0 Å². The summed E-state index contributed by atoms with van der Waals surface area (Å²) in [6.07, 6.45) is -0.272. The summed E-state index contributed by atoms with van der Waals surface area (Å²) in [7, 11) is 1.56. The highest BCUT2D eigenvalue weighted by Crippen LogP contribution is 2.19. The second-order valence-electron chi connectivity index (χ2n) is 3.97. The standard InChI is InChI=1S/C13H15N3O3/c1-9(18-10-6-4-3-5-7-10)13-15-11(16-19-13)8-12(17)14-2/h3-7,9H,8H2,1-2H3,(H,14,17)/t9-/m0/s1. The van der Waals surface area contributed by atoms with Crippen molar-refractivity contribution in [1.82, 2.24) is 15.5 Å². The second kappa shape index (κ2) is 5.99. The van der Waals surface area contributed by atoms with Crippen LogP contribution in [-0.2, 0) is 11.2 Å². The Morgan fingerprint density at radius 2 is 2.16 bits per heavy atom. The van der Waals surface area contributed by atoms with E-state index < -0.39 is 0 Å². The molecule has 0 saturated heterocycles. The third-order valence-corrected chi connectivity index (χ3v) is 2.49. The number of likely N-dealkylation sites (N-methyl/N-ethyl adjacent to an activating group) is 1. The highest BCUT2D eigenvalue weighted by molar-refractivity contribution is 5.77. The molecule has 6 nitrogen and oxygen atoms in total. The van der Waals surface area contributed by atoms with Crippen LogP contribution in [0.5, 0.6) is 5.75 Å². The lowest BCUT2D eigenvalue weighted by Crippen LogP contribution is -2.20. The molecule has 1 atom stereocenters. The number of nitrogens with zero attached hydrogens (tertiary/aromatic N) is 2. The van der Waals surface area contributed by atoms with Gasteiger partial charge in [0.05, 0.1) is 6.42 Å². The molecule has 0 aliphatic rings. The maximum atomic E-state index is 11.2. The fraction of sp³-hybridized carbons (Fsp3) is 0.308. The molecule has 0 radical (unpaired) electrons. The zero-order valence-corrected chi connectivity index (χ0v) is 10.8. The Morgan fingerprint density at radius 3 is 2.84 bits per heavy atom. The first kappa shape index (κ1) is 13.1. The SMILES string of the molecule is CNC(=O)Cc1noc([C@H](C)Oc2ccccc2)n1. The quantitative estimate of drug-likeness (QED) is 0.882. The third kappa shape index (κ3) is 3.54. The molecule has 19 heavy (non-hydrogen) atoms. The summed E-state index contributed by atoms with van der Waals surface area (Å²) in [5, 5.41) is 6.24. The Morgan fingerprint density at radius 1 is 1.42 bits per heavy atom. The van der Waals surface area contributed by atoms with Crippen molar-refractivity contribution in [1.29, 1.82) is 0 Å². The van der Waals surface area contributed by atoms with Gasteiger partial charge in [0.25, 0.3) is 5.89 Å².